The van der Waals surface area contributed by atoms with Crippen LogP contribution >= 0.6 is 0 Å². The first-order chi connectivity index (χ1) is 12.5. The monoisotopic (exact) mass is 367 g/mol. The summed E-state index contributed by atoms with van der Waals surface area (Å²) in [5, 5.41) is 0. The zero-order chi connectivity index (χ0) is 19.8. The Morgan fingerprint density at radius 2 is 1.81 bits per heavy atom. The van der Waals surface area contributed by atoms with Gasteiger partial charge in [0, 0.05) is 19.3 Å². The maximum Gasteiger partial charge on any atom is 0.404 e. The van der Waals surface area contributed by atoms with Crippen LogP contribution in [0.5, 0.6) is 0 Å². The molecule has 146 valence electrons. The quantitative estimate of drug-likeness (QED) is 0.452. The topological polar surface area (TPSA) is 100 Å². The zero-order valence-corrected chi connectivity index (χ0v) is 15.7. The van der Waals surface area contributed by atoms with Crippen LogP contribution in [0.2, 0.25) is 0 Å². The van der Waals surface area contributed by atoms with Crippen molar-refractivity contribution >= 4 is 12.1 Å². The molecule has 26 heavy (non-hydrogen) atoms. The summed E-state index contributed by atoms with van der Waals surface area (Å²) in [6.45, 7) is 11.7. The van der Waals surface area contributed by atoms with E-state index in [1.165, 1.54) is 0 Å². The Morgan fingerprint density at radius 3 is 2.12 bits per heavy atom. The van der Waals surface area contributed by atoms with E-state index >= 15 is 0 Å². The molecule has 1 aliphatic rings. The Bertz CT molecular complexity index is 514. The Kier molecular flexibility index (Phi) is 13.6. The second-order valence-corrected chi connectivity index (χ2v) is 4.88. The van der Waals surface area contributed by atoms with Gasteiger partial charge in [0.15, 0.2) is 6.10 Å². The van der Waals surface area contributed by atoms with Gasteiger partial charge in [0.05, 0.1) is 13.2 Å². The van der Waals surface area contributed by atoms with Gasteiger partial charge in [-0.05, 0) is 26.3 Å². The molecule has 0 aliphatic carbocycles. The summed E-state index contributed by atoms with van der Waals surface area (Å²) < 4.78 is 19.4. The normalized spacial score (nSPS) is 15.1. The third kappa shape index (κ3) is 12.0. The van der Waals surface area contributed by atoms with E-state index in [1.807, 2.05) is 44.2 Å². The molecule has 0 bridgehead atoms. The lowest BCUT2D eigenvalue weighted by Crippen LogP contribution is -2.14. The summed E-state index contributed by atoms with van der Waals surface area (Å²) in [4.78, 5) is 20.7. The van der Waals surface area contributed by atoms with Crippen LogP contribution in [0.15, 0.2) is 43.0 Å². The Hall–Kier alpha value is -2.38. The molecule has 7 nitrogen and oxygen atoms in total. The minimum absolute atomic E-state index is 0.00343. The minimum atomic E-state index is -0.711. The molecular weight excluding hydrogens is 338 g/mol. The van der Waals surface area contributed by atoms with Crippen molar-refractivity contribution in [3.63, 3.8) is 0 Å². The number of primary amides is 1. The van der Waals surface area contributed by atoms with Gasteiger partial charge in [-0.1, -0.05) is 36.9 Å². The van der Waals surface area contributed by atoms with Crippen LogP contribution in [0.1, 0.15) is 32.4 Å². The highest BCUT2D eigenvalue weighted by molar-refractivity contribution is 5.81. The predicted octanol–water partition coefficient (Wildman–Crippen LogP) is 3.00. The largest absolute Gasteiger partial charge is 0.451 e. The molecule has 1 aromatic rings. The second kappa shape index (κ2) is 14.9. The number of benzene rings is 1. The Balaban J connectivity index is 0.000000474. The van der Waals surface area contributed by atoms with Gasteiger partial charge in [0.1, 0.15) is 6.10 Å². The molecule has 2 unspecified atom stereocenters. The summed E-state index contributed by atoms with van der Waals surface area (Å²) >= 11 is 0. The van der Waals surface area contributed by atoms with Crippen LogP contribution in [-0.2, 0) is 23.7 Å². The van der Waals surface area contributed by atoms with Crippen molar-refractivity contribution in [1.29, 1.82) is 0 Å². The highest BCUT2D eigenvalue weighted by Gasteiger charge is 2.36. The number of esters is 1. The fourth-order valence-electron chi connectivity index (χ4n) is 1.75. The number of epoxide rings is 1. The molecule has 7 heteroatoms. The summed E-state index contributed by atoms with van der Waals surface area (Å²) in [6.07, 6.45) is 0.142. The van der Waals surface area contributed by atoms with E-state index in [1.54, 1.807) is 6.92 Å². The van der Waals surface area contributed by atoms with E-state index in [9.17, 15) is 9.59 Å². The smallest absolute Gasteiger partial charge is 0.404 e. The van der Waals surface area contributed by atoms with Crippen LogP contribution in [0.3, 0.4) is 0 Å². The van der Waals surface area contributed by atoms with Gasteiger partial charge in [-0.3, -0.25) is 0 Å². The molecule has 0 radical (unpaired) electrons. The molecule has 2 N–H and O–H groups in total. The van der Waals surface area contributed by atoms with Gasteiger partial charge < -0.3 is 24.7 Å². The fraction of sp³-hybridized carbons (Fsp3) is 0.474. The van der Waals surface area contributed by atoms with E-state index in [0.29, 0.717) is 13.2 Å². The van der Waals surface area contributed by atoms with Gasteiger partial charge in [-0.2, -0.15) is 0 Å². The average Bonchev–Trinajstić information content (AvgIpc) is 3.47. The Labute approximate surface area is 155 Å². The molecule has 2 rings (SSSR count). The van der Waals surface area contributed by atoms with Crippen molar-refractivity contribution < 1.29 is 28.5 Å². The van der Waals surface area contributed by atoms with Crippen LogP contribution in [0.4, 0.5) is 4.79 Å². The number of hydrogen-bond donors (Lipinski definition) is 1. The van der Waals surface area contributed by atoms with Crippen LogP contribution in [0, 0.1) is 0 Å². The van der Waals surface area contributed by atoms with Gasteiger partial charge >= 0.3 is 12.1 Å². The van der Waals surface area contributed by atoms with Crippen LogP contribution < -0.4 is 5.73 Å². The molecule has 1 aromatic carbocycles. The number of hydrogen-bond acceptors (Lipinski definition) is 6. The molecule has 1 aliphatic heterocycles. The number of carbonyl (C=O) groups is 2. The number of amides is 1. The van der Waals surface area contributed by atoms with Gasteiger partial charge in [-0.15, -0.1) is 0 Å². The highest BCUT2D eigenvalue weighted by Crippen LogP contribution is 2.30. The lowest BCUT2D eigenvalue weighted by Gasteiger charge is -2.14. The summed E-state index contributed by atoms with van der Waals surface area (Å²) in [5.74, 6) is -0.417. The SMILES string of the molecule is C=CC(=O)OC(c1ccccc1)C1CO1.CCOC(N)=O.CCOCC. The van der Waals surface area contributed by atoms with E-state index in [4.69, 9.17) is 14.2 Å². The summed E-state index contributed by atoms with van der Waals surface area (Å²) in [5.41, 5.74) is 5.50. The predicted molar refractivity (Wildman–Crippen MR) is 98.6 cm³/mol. The molecule has 2 atom stereocenters. The molecule has 1 heterocycles. The van der Waals surface area contributed by atoms with Gasteiger partial charge in [0.2, 0.25) is 0 Å². The third-order valence-corrected chi connectivity index (χ3v) is 2.93. The van der Waals surface area contributed by atoms with E-state index in [0.717, 1.165) is 24.9 Å². The maximum absolute atomic E-state index is 11.1. The number of carbonyl (C=O) groups excluding carboxylic acids is 2. The van der Waals surface area contributed by atoms with Crippen molar-refractivity contribution in [3.8, 4) is 0 Å². The average molecular weight is 367 g/mol. The number of ether oxygens (including phenoxy) is 4. The fourth-order valence-corrected chi connectivity index (χ4v) is 1.75. The number of nitrogens with two attached hydrogens (primary N) is 1. The molecule has 1 amide bonds. The summed E-state index contributed by atoms with van der Waals surface area (Å²) in [6, 6.07) is 9.58. The molecular formula is C19H29NO6. The first kappa shape index (κ1) is 23.6. The van der Waals surface area contributed by atoms with Gasteiger partial charge in [-0.25, -0.2) is 9.59 Å². The first-order valence-corrected chi connectivity index (χ1v) is 8.49. The van der Waals surface area contributed by atoms with Crippen molar-refractivity contribution in [2.75, 3.05) is 26.4 Å². The molecule has 0 spiro atoms. The van der Waals surface area contributed by atoms with Crippen molar-refractivity contribution in [1.82, 2.24) is 0 Å². The van der Waals surface area contributed by atoms with E-state index < -0.39 is 12.1 Å². The lowest BCUT2D eigenvalue weighted by atomic mass is 10.1. The second-order valence-electron chi connectivity index (χ2n) is 4.88. The third-order valence-electron chi connectivity index (χ3n) is 2.93. The molecule has 0 saturated carbocycles. The Morgan fingerprint density at radius 1 is 1.23 bits per heavy atom. The zero-order valence-electron chi connectivity index (χ0n) is 15.7. The molecule has 1 saturated heterocycles. The summed E-state index contributed by atoms with van der Waals surface area (Å²) in [7, 11) is 0. The highest BCUT2D eigenvalue weighted by atomic mass is 16.6. The minimum Gasteiger partial charge on any atom is -0.451 e. The lowest BCUT2D eigenvalue weighted by molar-refractivity contribution is -0.144. The number of rotatable bonds is 7. The molecule has 1 fully saturated rings. The molecule has 0 aromatic heterocycles. The maximum atomic E-state index is 11.1. The van der Waals surface area contributed by atoms with Crippen molar-refractivity contribution in [3.05, 3.63) is 48.6 Å². The standard InChI is InChI=1S/C12H12O3.C4H10O.C3H7NO2/c1-2-11(13)15-12(10-8-14-10)9-6-4-3-5-7-9;1-3-5-4-2;1-2-6-3(4)5/h2-7,10,12H,1,8H2;3-4H2,1-2H3;2H2,1H3,(H2,4,5). The van der Waals surface area contributed by atoms with E-state index in [-0.39, 0.29) is 12.2 Å². The first-order valence-electron chi connectivity index (χ1n) is 8.49. The van der Waals surface area contributed by atoms with Crippen molar-refractivity contribution in [2.24, 2.45) is 5.73 Å². The van der Waals surface area contributed by atoms with Gasteiger partial charge in [0.25, 0.3) is 0 Å². The van der Waals surface area contributed by atoms with E-state index in [2.05, 4.69) is 17.0 Å². The van der Waals surface area contributed by atoms with Crippen molar-refractivity contribution in [2.45, 2.75) is 33.0 Å². The van der Waals surface area contributed by atoms with Crippen LogP contribution in [-0.4, -0.2) is 44.6 Å². The van der Waals surface area contributed by atoms with Crippen LogP contribution in [0.25, 0.3) is 0 Å².